The fourth-order valence-corrected chi connectivity index (χ4v) is 1.99. The molecule has 1 unspecified atom stereocenters. The zero-order valence-electron chi connectivity index (χ0n) is 11.1. The van der Waals surface area contributed by atoms with Crippen LogP contribution in [-0.2, 0) is 4.74 Å². The quantitative estimate of drug-likeness (QED) is 0.434. The van der Waals surface area contributed by atoms with E-state index in [4.69, 9.17) is 10.6 Å². The average molecular weight is 236 g/mol. The number of benzene rings is 1. The summed E-state index contributed by atoms with van der Waals surface area (Å²) in [6.07, 6.45) is 1.96. The largest absolute Gasteiger partial charge is 0.381 e. The molecule has 17 heavy (non-hydrogen) atoms. The van der Waals surface area contributed by atoms with Gasteiger partial charge < -0.3 is 4.74 Å². The van der Waals surface area contributed by atoms with Crippen LogP contribution in [0.1, 0.15) is 42.5 Å². The van der Waals surface area contributed by atoms with E-state index in [0.717, 1.165) is 26.1 Å². The van der Waals surface area contributed by atoms with Crippen molar-refractivity contribution in [3.8, 4) is 0 Å². The van der Waals surface area contributed by atoms with Crippen molar-refractivity contribution in [3.63, 3.8) is 0 Å². The molecule has 0 amide bonds. The fraction of sp³-hybridized carbons (Fsp3) is 0.571. The third kappa shape index (κ3) is 4.46. The number of ether oxygens (including phenoxy) is 1. The molecule has 0 radical (unpaired) electrons. The van der Waals surface area contributed by atoms with Gasteiger partial charge in [0.2, 0.25) is 0 Å². The second kappa shape index (κ2) is 7.43. The lowest BCUT2D eigenvalue weighted by molar-refractivity contribution is 0.124. The molecule has 0 spiro atoms. The molecule has 0 bridgehead atoms. The van der Waals surface area contributed by atoms with Gasteiger partial charge in [-0.15, -0.1) is 0 Å². The molecule has 1 aromatic carbocycles. The van der Waals surface area contributed by atoms with Crippen LogP contribution < -0.4 is 11.3 Å². The molecule has 0 fully saturated rings. The number of hydrogen-bond donors (Lipinski definition) is 2. The van der Waals surface area contributed by atoms with Crippen molar-refractivity contribution in [2.45, 2.75) is 39.7 Å². The SMILES string of the molecule is CCCOCCC(NN)c1ccc(C)cc1C. The number of hydrazine groups is 1. The molecule has 0 aliphatic carbocycles. The summed E-state index contributed by atoms with van der Waals surface area (Å²) in [4.78, 5) is 0. The number of nitrogens with two attached hydrogens (primary N) is 1. The normalized spacial score (nSPS) is 12.7. The highest BCUT2D eigenvalue weighted by atomic mass is 16.5. The van der Waals surface area contributed by atoms with Gasteiger partial charge in [-0.3, -0.25) is 11.3 Å². The van der Waals surface area contributed by atoms with Crippen LogP contribution in [0.4, 0.5) is 0 Å². The van der Waals surface area contributed by atoms with Gasteiger partial charge in [-0.05, 0) is 37.8 Å². The Morgan fingerprint density at radius 3 is 2.65 bits per heavy atom. The van der Waals surface area contributed by atoms with Crippen molar-refractivity contribution >= 4 is 0 Å². The molecule has 0 aromatic heterocycles. The first-order chi connectivity index (χ1) is 8.19. The van der Waals surface area contributed by atoms with Crippen molar-refractivity contribution in [1.29, 1.82) is 0 Å². The van der Waals surface area contributed by atoms with E-state index >= 15 is 0 Å². The molecule has 0 saturated carbocycles. The van der Waals surface area contributed by atoms with Crippen LogP contribution in [0.25, 0.3) is 0 Å². The maximum atomic E-state index is 5.62. The van der Waals surface area contributed by atoms with E-state index in [9.17, 15) is 0 Å². The molecule has 96 valence electrons. The van der Waals surface area contributed by atoms with Crippen LogP contribution in [0.5, 0.6) is 0 Å². The Labute approximate surface area is 104 Å². The topological polar surface area (TPSA) is 47.3 Å². The minimum absolute atomic E-state index is 0.174. The summed E-state index contributed by atoms with van der Waals surface area (Å²) in [6, 6.07) is 6.63. The van der Waals surface area contributed by atoms with Gasteiger partial charge in [0.05, 0.1) is 0 Å². The van der Waals surface area contributed by atoms with Gasteiger partial charge >= 0.3 is 0 Å². The summed E-state index contributed by atoms with van der Waals surface area (Å²) >= 11 is 0. The molecule has 3 N–H and O–H groups in total. The van der Waals surface area contributed by atoms with E-state index < -0.39 is 0 Å². The average Bonchev–Trinajstić information content (AvgIpc) is 2.31. The molecule has 1 atom stereocenters. The van der Waals surface area contributed by atoms with E-state index in [2.05, 4.69) is 44.4 Å². The van der Waals surface area contributed by atoms with Crippen molar-refractivity contribution in [2.75, 3.05) is 13.2 Å². The van der Waals surface area contributed by atoms with Crippen molar-refractivity contribution < 1.29 is 4.74 Å². The summed E-state index contributed by atoms with van der Waals surface area (Å²) in [5, 5.41) is 0. The minimum Gasteiger partial charge on any atom is -0.381 e. The maximum absolute atomic E-state index is 5.62. The summed E-state index contributed by atoms with van der Waals surface area (Å²) in [7, 11) is 0. The highest BCUT2D eigenvalue weighted by molar-refractivity contribution is 5.32. The molecule has 3 heteroatoms. The van der Waals surface area contributed by atoms with Gasteiger partial charge in [-0.2, -0.15) is 0 Å². The molecule has 1 rings (SSSR count). The lowest BCUT2D eigenvalue weighted by atomic mass is 9.98. The zero-order chi connectivity index (χ0) is 12.7. The predicted molar refractivity (Wildman–Crippen MR) is 71.7 cm³/mol. The van der Waals surface area contributed by atoms with E-state index in [1.807, 2.05) is 0 Å². The highest BCUT2D eigenvalue weighted by Crippen LogP contribution is 2.21. The summed E-state index contributed by atoms with van der Waals surface area (Å²) in [6.45, 7) is 7.91. The number of aryl methyl sites for hydroxylation is 2. The van der Waals surface area contributed by atoms with Crippen LogP contribution in [0, 0.1) is 13.8 Å². The Morgan fingerprint density at radius 1 is 1.29 bits per heavy atom. The van der Waals surface area contributed by atoms with E-state index in [0.29, 0.717) is 0 Å². The molecule has 0 aliphatic heterocycles. The van der Waals surface area contributed by atoms with Crippen molar-refractivity contribution in [1.82, 2.24) is 5.43 Å². The van der Waals surface area contributed by atoms with Crippen LogP contribution in [0.15, 0.2) is 18.2 Å². The van der Waals surface area contributed by atoms with Gasteiger partial charge in [0, 0.05) is 19.3 Å². The monoisotopic (exact) mass is 236 g/mol. The minimum atomic E-state index is 0.174. The lowest BCUT2D eigenvalue weighted by Gasteiger charge is -2.19. The summed E-state index contributed by atoms with van der Waals surface area (Å²) < 4.78 is 5.50. The van der Waals surface area contributed by atoms with Gasteiger partial charge in [-0.25, -0.2) is 0 Å². The van der Waals surface area contributed by atoms with Crippen LogP contribution in [0.2, 0.25) is 0 Å². The first kappa shape index (κ1) is 14.2. The van der Waals surface area contributed by atoms with Crippen LogP contribution >= 0.6 is 0 Å². The molecule has 0 saturated heterocycles. The van der Waals surface area contributed by atoms with Crippen molar-refractivity contribution in [2.24, 2.45) is 5.84 Å². The summed E-state index contributed by atoms with van der Waals surface area (Å²) in [5.74, 6) is 5.62. The Hall–Kier alpha value is -0.900. The third-order valence-corrected chi connectivity index (χ3v) is 2.90. The van der Waals surface area contributed by atoms with Crippen LogP contribution in [-0.4, -0.2) is 13.2 Å². The molecular weight excluding hydrogens is 212 g/mol. The number of rotatable bonds is 7. The molecule has 1 aromatic rings. The number of hydrogen-bond acceptors (Lipinski definition) is 3. The third-order valence-electron chi connectivity index (χ3n) is 2.90. The Balaban J connectivity index is 2.59. The predicted octanol–water partition coefficient (Wildman–Crippen LogP) is 2.62. The van der Waals surface area contributed by atoms with Gasteiger partial charge in [0.1, 0.15) is 0 Å². The first-order valence-electron chi connectivity index (χ1n) is 6.30. The van der Waals surface area contributed by atoms with Crippen molar-refractivity contribution in [3.05, 3.63) is 34.9 Å². The zero-order valence-corrected chi connectivity index (χ0v) is 11.1. The van der Waals surface area contributed by atoms with Crippen LogP contribution in [0.3, 0.4) is 0 Å². The first-order valence-corrected chi connectivity index (χ1v) is 6.30. The van der Waals surface area contributed by atoms with Gasteiger partial charge in [-0.1, -0.05) is 30.7 Å². The fourth-order valence-electron chi connectivity index (χ4n) is 1.99. The van der Waals surface area contributed by atoms with Gasteiger partial charge in [0.15, 0.2) is 0 Å². The summed E-state index contributed by atoms with van der Waals surface area (Å²) in [5.41, 5.74) is 6.70. The molecule has 3 nitrogen and oxygen atoms in total. The smallest absolute Gasteiger partial charge is 0.0484 e. The number of nitrogens with one attached hydrogen (secondary N) is 1. The standard InChI is InChI=1S/C14H24N2O/c1-4-8-17-9-7-14(16-15)13-6-5-11(2)10-12(13)3/h5-6,10,14,16H,4,7-9,15H2,1-3H3. The molecular formula is C14H24N2O. The van der Waals surface area contributed by atoms with E-state index in [1.165, 1.54) is 16.7 Å². The maximum Gasteiger partial charge on any atom is 0.0484 e. The van der Waals surface area contributed by atoms with E-state index in [1.54, 1.807) is 0 Å². The second-order valence-corrected chi connectivity index (χ2v) is 4.48. The van der Waals surface area contributed by atoms with Gasteiger partial charge in [0.25, 0.3) is 0 Å². The Morgan fingerprint density at radius 2 is 2.06 bits per heavy atom. The highest BCUT2D eigenvalue weighted by Gasteiger charge is 2.11. The Kier molecular flexibility index (Phi) is 6.19. The second-order valence-electron chi connectivity index (χ2n) is 4.48. The molecule has 0 heterocycles. The van der Waals surface area contributed by atoms with E-state index in [-0.39, 0.29) is 6.04 Å². The Bertz CT molecular complexity index is 339. The lowest BCUT2D eigenvalue weighted by Crippen LogP contribution is -2.29. The molecule has 0 aliphatic rings.